The lowest BCUT2D eigenvalue weighted by molar-refractivity contribution is -0.120. The van der Waals surface area contributed by atoms with Gasteiger partial charge in [0.1, 0.15) is 5.75 Å². The van der Waals surface area contributed by atoms with Gasteiger partial charge in [0.05, 0.1) is 32.3 Å². The van der Waals surface area contributed by atoms with Crippen LogP contribution in [-0.2, 0) is 14.8 Å². The van der Waals surface area contributed by atoms with E-state index in [1.807, 2.05) is 0 Å². The Kier molecular flexibility index (Phi) is 5.61. The minimum absolute atomic E-state index is 0.0247. The first-order valence-electron chi connectivity index (χ1n) is 10.7. The number of H-pyrrole nitrogens is 2. The number of nitrogens with zero attached hydrogens (tertiary/aromatic N) is 1. The second-order valence-electron chi connectivity index (χ2n) is 8.30. The maximum atomic E-state index is 13.1. The zero-order chi connectivity index (χ0) is 25.8. The van der Waals surface area contributed by atoms with Gasteiger partial charge < -0.3 is 19.6 Å². The van der Waals surface area contributed by atoms with Crippen molar-refractivity contribution in [3.05, 3.63) is 79.8 Å². The third-order valence-electron chi connectivity index (χ3n) is 5.89. The van der Waals surface area contributed by atoms with Gasteiger partial charge in [-0.05, 0) is 54.4 Å². The van der Waals surface area contributed by atoms with Crippen molar-refractivity contribution in [2.24, 2.45) is 0 Å². The molecule has 36 heavy (non-hydrogen) atoms. The summed E-state index contributed by atoms with van der Waals surface area (Å²) >= 11 is 6.51. The standard InChI is InChI=1S/C24H19ClN4O6S/c1-12-7-17-18(27-24(32)23(31)26-17)10-21(12)36(33,34)28-14-4-5-15(16(25)9-14)13-3-6-20-19(8-13)29(2)22(30)11-35-20/h3-10,28H,11H2,1-2H3,(H,26,31)(H,27,32). The van der Waals surface area contributed by atoms with E-state index < -0.39 is 21.1 Å². The molecule has 4 aromatic rings. The van der Waals surface area contributed by atoms with Gasteiger partial charge in [0, 0.05) is 12.6 Å². The summed E-state index contributed by atoms with van der Waals surface area (Å²) in [6.45, 7) is 1.55. The van der Waals surface area contributed by atoms with Gasteiger partial charge in [-0.2, -0.15) is 0 Å². The Labute approximate surface area is 209 Å². The molecule has 2 heterocycles. The number of ether oxygens (including phenoxy) is 1. The van der Waals surface area contributed by atoms with Crippen LogP contribution >= 0.6 is 11.6 Å². The van der Waals surface area contributed by atoms with Crippen molar-refractivity contribution in [2.45, 2.75) is 11.8 Å². The predicted molar refractivity (Wildman–Crippen MR) is 137 cm³/mol. The van der Waals surface area contributed by atoms with E-state index >= 15 is 0 Å². The van der Waals surface area contributed by atoms with E-state index in [9.17, 15) is 22.8 Å². The van der Waals surface area contributed by atoms with Crippen LogP contribution in [0.4, 0.5) is 11.4 Å². The average molecular weight is 527 g/mol. The summed E-state index contributed by atoms with van der Waals surface area (Å²) in [5.41, 5.74) is 1.35. The van der Waals surface area contributed by atoms with Crippen LogP contribution in [0.15, 0.2) is 63.0 Å². The molecule has 3 N–H and O–H groups in total. The molecule has 0 radical (unpaired) electrons. The smallest absolute Gasteiger partial charge is 0.314 e. The van der Waals surface area contributed by atoms with E-state index in [0.717, 1.165) is 5.56 Å². The van der Waals surface area contributed by atoms with Crippen LogP contribution in [0.2, 0.25) is 5.02 Å². The highest BCUT2D eigenvalue weighted by molar-refractivity contribution is 7.92. The highest BCUT2D eigenvalue weighted by atomic mass is 35.5. The molecule has 10 nitrogen and oxygen atoms in total. The Morgan fingerprint density at radius 3 is 2.36 bits per heavy atom. The molecule has 0 saturated heterocycles. The molecule has 0 bridgehead atoms. The van der Waals surface area contributed by atoms with Crippen LogP contribution in [0, 0.1) is 6.92 Å². The molecule has 5 rings (SSSR count). The molecule has 0 aliphatic carbocycles. The van der Waals surface area contributed by atoms with Crippen LogP contribution in [0.5, 0.6) is 5.75 Å². The van der Waals surface area contributed by atoms with Crippen LogP contribution < -0.4 is 25.5 Å². The Hall–Kier alpha value is -4.09. The van der Waals surface area contributed by atoms with Crippen LogP contribution in [-0.4, -0.2) is 37.9 Å². The minimum atomic E-state index is -4.06. The second-order valence-corrected chi connectivity index (χ2v) is 10.4. The molecule has 184 valence electrons. The third kappa shape index (κ3) is 4.12. The second kappa shape index (κ2) is 8.54. The van der Waals surface area contributed by atoms with Gasteiger partial charge in [-0.1, -0.05) is 23.7 Å². The van der Waals surface area contributed by atoms with Crippen molar-refractivity contribution in [1.82, 2.24) is 9.97 Å². The zero-order valence-corrected chi connectivity index (χ0v) is 20.6. The van der Waals surface area contributed by atoms with Gasteiger partial charge >= 0.3 is 11.1 Å². The third-order valence-corrected chi connectivity index (χ3v) is 7.72. The molecular formula is C24H19ClN4O6S. The number of carbonyl (C=O) groups excluding carboxylic acids is 1. The fourth-order valence-corrected chi connectivity index (χ4v) is 5.60. The largest absolute Gasteiger partial charge is 0.482 e. The minimum Gasteiger partial charge on any atom is -0.482 e. The lowest BCUT2D eigenvalue weighted by Gasteiger charge is -2.26. The van der Waals surface area contributed by atoms with Gasteiger partial charge in [-0.15, -0.1) is 0 Å². The number of hydrogen-bond acceptors (Lipinski definition) is 6. The van der Waals surface area contributed by atoms with Gasteiger partial charge in [-0.25, -0.2) is 8.42 Å². The average Bonchev–Trinajstić information content (AvgIpc) is 2.82. The monoisotopic (exact) mass is 526 g/mol. The van der Waals surface area contributed by atoms with E-state index in [1.165, 1.54) is 23.1 Å². The normalized spacial score (nSPS) is 13.4. The van der Waals surface area contributed by atoms with Crippen molar-refractivity contribution >= 4 is 49.9 Å². The number of halogens is 1. The number of aryl methyl sites for hydroxylation is 1. The van der Waals surface area contributed by atoms with Crippen molar-refractivity contribution in [2.75, 3.05) is 23.3 Å². The van der Waals surface area contributed by atoms with Crippen molar-refractivity contribution in [3.63, 3.8) is 0 Å². The lowest BCUT2D eigenvalue weighted by atomic mass is 10.0. The molecule has 1 amide bonds. The summed E-state index contributed by atoms with van der Waals surface area (Å²) in [6.07, 6.45) is 0. The Morgan fingerprint density at radius 2 is 1.67 bits per heavy atom. The maximum absolute atomic E-state index is 13.1. The number of sulfonamides is 1. The first-order chi connectivity index (χ1) is 17.0. The van der Waals surface area contributed by atoms with E-state index in [1.54, 1.807) is 44.3 Å². The number of anilines is 2. The number of carbonyl (C=O) groups is 1. The number of amides is 1. The molecule has 0 spiro atoms. The van der Waals surface area contributed by atoms with Gasteiger partial charge in [-0.3, -0.25) is 19.1 Å². The van der Waals surface area contributed by atoms with E-state index in [0.29, 0.717) is 28.1 Å². The summed E-state index contributed by atoms with van der Waals surface area (Å²) in [5, 5.41) is 0.290. The molecule has 3 aromatic carbocycles. The first kappa shape index (κ1) is 23.6. The molecule has 0 fully saturated rings. The topological polar surface area (TPSA) is 141 Å². The summed E-state index contributed by atoms with van der Waals surface area (Å²) in [4.78, 5) is 41.4. The van der Waals surface area contributed by atoms with Crippen LogP contribution in [0.3, 0.4) is 0 Å². The van der Waals surface area contributed by atoms with Gasteiger partial charge in [0.25, 0.3) is 15.9 Å². The number of hydrogen-bond donors (Lipinski definition) is 3. The Bertz CT molecular complexity index is 1800. The van der Waals surface area contributed by atoms with Crippen LogP contribution in [0.25, 0.3) is 22.2 Å². The van der Waals surface area contributed by atoms with Crippen molar-refractivity contribution in [3.8, 4) is 16.9 Å². The summed E-state index contributed by atoms with van der Waals surface area (Å²) < 4.78 is 34.2. The van der Waals surface area contributed by atoms with Gasteiger partial charge in [0.15, 0.2) is 6.61 Å². The van der Waals surface area contributed by atoms with Gasteiger partial charge in [0.2, 0.25) is 0 Å². The highest BCUT2D eigenvalue weighted by Crippen LogP contribution is 2.38. The first-order valence-corrected chi connectivity index (χ1v) is 12.5. The maximum Gasteiger partial charge on any atom is 0.314 e. The predicted octanol–water partition coefficient (Wildman–Crippen LogP) is 3.00. The van der Waals surface area contributed by atoms with E-state index in [-0.39, 0.29) is 33.6 Å². The summed E-state index contributed by atoms with van der Waals surface area (Å²) in [6, 6.07) is 12.8. The molecule has 1 aliphatic heterocycles. The number of likely N-dealkylation sites (N-methyl/N-ethyl adjacent to an activating group) is 1. The molecule has 0 atom stereocenters. The van der Waals surface area contributed by atoms with Crippen LogP contribution in [0.1, 0.15) is 5.56 Å². The summed E-state index contributed by atoms with van der Waals surface area (Å²) in [5.74, 6) is 0.410. The molecular weight excluding hydrogens is 508 g/mol. The molecule has 0 unspecified atom stereocenters. The quantitative estimate of drug-likeness (QED) is 0.349. The van der Waals surface area contributed by atoms with E-state index in [2.05, 4.69) is 14.7 Å². The molecule has 12 heteroatoms. The number of aromatic nitrogens is 2. The number of rotatable bonds is 4. The van der Waals surface area contributed by atoms with Crippen molar-refractivity contribution in [1.29, 1.82) is 0 Å². The fourth-order valence-electron chi connectivity index (χ4n) is 4.01. The lowest BCUT2D eigenvalue weighted by Crippen LogP contribution is -2.35. The molecule has 0 saturated carbocycles. The van der Waals surface area contributed by atoms with E-state index in [4.69, 9.17) is 16.3 Å². The number of nitrogens with one attached hydrogen (secondary N) is 3. The molecule has 1 aromatic heterocycles. The fraction of sp³-hybridized carbons (Fsp3) is 0.125. The SMILES string of the molecule is Cc1cc2[nH]c(=O)c(=O)[nH]c2cc1S(=O)(=O)Nc1ccc(-c2ccc3c(c2)N(C)C(=O)CO3)c(Cl)c1. The number of aromatic amines is 2. The zero-order valence-electron chi connectivity index (χ0n) is 19.0. The number of fused-ring (bicyclic) bond motifs is 2. The Morgan fingerprint density at radius 1 is 0.972 bits per heavy atom. The highest BCUT2D eigenvalue weighted by Gasteiger charge is 2.23. The summed E-state index contributed by atoms with van der Waals surface area (Å²) in [7, 11) is -2.40. The number of benzene rings is 3. The molecule has 1 aliphatic rings. The van der Waals surface area contributed by atoms with Crippen molar-refractivity contribution < 1.29 is 17.9 Å². The Balaban J connectivity index is 1.47.